The zero-order valence-electron chi connectivity index (χ0n) is 6.24. The van der Waals surface area contributed by atoms with Crippen molar-refractivity contribution < 1.29 is 9.90 Å². The Morgan fingerprint density at radius 2 is 2.31 bits per heavy atom. The van der Waals surface area contributed by atoms with Crippen LogP contribution in [0.2, 0.25) is 0 Å². The molecule has 0 aliphatic carbocycles. The second-order valence-electron chi connectivity index (χ2n) is 2.33. The minimum atomic E-state index is -1.24. The van der Waals surface area contributed by atoms with Gasteiger partial charge in [0, 0.05) is 0 Å². The van der Waals surface area contributed by atoms with Gasteiger partial charge in [0.05, 0.1) is 6.33 Å². The molecule has 0 saturated carbocycles. The van der Waals surface area contributed by atoms with Crippen molar-refractivity contribution in [1.82, 2.24) is 20.2 Å². The van der Waals surface area contributed by atoms with E-state index in [1.54, 1.807) is 0 Å². The van der Waals surface area contributed by atoms with Crippen LogP contribution < -0.4 is 5.56 Å². The molecule has 0 atom stereocenters. The largest absolute Gasteiger partial charge is 0.477 e. The quantitative estimate of drug-likeness (QED) is 0.539. The van der Waals surface area contributed by atoms with Crippen LogP contribution in [0.25, 0.3) is 11.0 Å². The molecule has 0 aliphatic heterocycles. The minimum Gasteiger partial charge on any atom is -0.477 e. The summed E-state index contributed by atoms with van der Waals surface area (Å²) in [6.45, 7) is 0. The Balaban J connectivity index is 2.95. The molecule has 13 heavy (non-hydrogen) atoms. The summed E-state index contributed by atoms with van der Waals surface area (Å²) in [4.78, 5) is 27.7. The summed E-state index contributed by atoms with van der Waals surface area (Å²) < 4.78 is 0. The number of hydrogen-bond donors (Lipinski definition) is 3. The van der Waals surface area contributed by atoms with Crippen molar-refractivity contribution in [2.75, 3.05) is 0 Å². The second-order valence-corrected chi connectivity index (χ2v) is 2.33. The highest BCUT2D eigenvalue weighted by atomic mass is 16.4. The van der Waals surface area contributed by atoms with E-state index in [-0.39, 0.29) is 16.7 Å². The standard InChI is InChI=1S/C6H4N4O3/c11-5-2-3(6(12)13)9-10-4(2)7-1-8-5/h1H,(H,12,13)(H2,7,8,9,10,11). The lowest BCUT2D eigenvalue weighted by Crippen LogP contribution is -2.09. The monoisotopic (exact) mass is 180 g/mol. The Hall–Kier alpha value is -2.18. The smallest absolute Gasteiger partial charge is 0.354 e. The van der Waals surface area contributed by atoms with Gasteiger partial charge in [-0.15, -0.1) is 0 Å². The molecule has 0 radical (unpaired) electrons. The summed E-state index contributed by atoms with van der Waals surface area (Å²) in [5.41, 5.74) is -0.665. The van der Waals surface area contributed by atoms with E-state index in [1.807, 2.05) is 0 Å². The van der Waals surface area contributed by atoms with Crippen molar-refractivity contribution in [2.24, 2.45) is 0 Å². The maximum Gasteiger partial charge on any atom is 0.354 e. The second kappa shape index (κ2) is 2.41. The summed E-state index contributed by atoms with van der Waals surface area (Å²) in [7, 11) is 0. The average Bonchev–Trinajstić information content (AvgIpc) is 2.49. The number of carboxylic acids is 1. The molecular weight excluding hydrogens is 176 g/mol. The first-order chi connectivity index (χ1) is 6.20. The van der Waals surface area contributed by atoms with Crippen molar-refractivity contribution in [3.05, 3.63) is 22.4 Å². The number of H-pyrrole nitrogens is 2. The topological polar surface area (TPSA) is 112 Å². The summed E-state index contributed by atoms with van der Waals surface area (Å²) in [5.74, 6) is -1.24. The summed E-state index contributed by atoms with van der Waals surface area (Å²) in [6.07, 6.45) is 1.16. The van der Waals surface area contributed by atoms with Crippen molar-refractivity contribution in [1.29, 1.82) is 0 Å². The van der Waals surface area contributed by atoms with Crippen molar-refractivity contribution >= 4 is 17.0 Å². The van der Waals surface area contributed by atoms with E-state index in [9.17, 15) is 9.59 Å². The Morgan fingerprint density at radius 3 is 3.00 bits per heavy atom. The molecule has 0 aromatic carbocycles. The lowest BCUT2D eigenvalue weighted by molar-refractivity contribution is 0.0692. The highest BCUT2D eigenvalue weighted by Crippen LogP contribution is 2.06. The number of rotatable bonds is 1. The number of aromatic carboxylic acids is 1. The predicted molar refractivity (Wildman–Crippen MR) is 41.5 cm³/mol. The van der Waals surface area contributed by atoms with E-state index in [1.165, 1.54) is 0 Å². The molecule has 2 aromatic rings. The van der Waals surface area contributed by atoms with Gasteiger partial charge >= 0.3 is 5.97 Å². The Morgan fingerprint density at radius 1 is 1.54 bits per heavy atom. The predicted octanol–water partition coefficient (Wildman–Crippen LogP) is -0.656. The van der Waals surface area contributed by atoms with Gasteiger partial charge < -0.3 is 10.1 Å². The van der Waals surface area contributed by atoms with Crippen LogP contribution in [-0.2, 0) is 0 Å². The number of aromatic nitrogens is 4. The molecule has 0 aliphatic rings. The van der Waals surface area contributed by atoms with Crippen LogP contribution in [0.5, 0.6) is 0 Å². The third kappa shape index (κ3) is 0.975. The zero-order chi connectivity index (χ0) is 9.42. The van der Waals surface area contributed by atoms with Gasteiger partial charge in [-0.1, -0.05) is 0 Å². The molecule has 0 amide bonds. The average molecular weight is 180 g/mol. The fraction of sp³-hybridized carbons (Fsp3) is 0. The third-order valence-electron chi connectivity index (χ3n) is 1.57. The summed E-state index contributed by atoms with van der Waals surface area (Å²) >= 11 is 0. The number of aromatic amines is 2. The Labute approximate surface area is 70.4 Å². The van der Waals surface area contributed by atoms with Gasteiger partial charge in [0.15, 0.2) is 11.3 Å². The van der Waals surface area contributed by atoms with Crippen LogP contribution in [0, 0.1) is 0 Å². The number of carboxylic acid groups (broad SMARTS) is 1. The molecule has 66 valence electrons. The lowest BCUT2D eigenvalue weighted by atomic mass is 10.3. The number of fused-ring (bicyclic) bond motifs is 1. The van der Waals surface area contributed by atoms with Gasteiger partial charge in [-0.3, -0.25) is 9.89 Å². The number of nitrogens with zero attached hydrogens (tertiary/aromatic N) is 2. The van der Waals surface area contributed by atoms with Crippen molar-refractivity contribution in [3.63, 3.8) is 0 Å². The highest BCUT2D eigenvalue weighted by molar-refractivity contribution is 5.99. The van der Waals surface area contributed by atoms with Crippen LogP contribution in [0.15, 0.2) is 11.1 Å². The first-order valence-corrected chi connectivity index (χ1v) is 3.35. The van der Waals surface area contributed by atoms with Crippen LogP contribution in [0.3, 0.4) is 0 Å². The third-order valence-corrected chi connectivity index (χ3v) is 1.57. The van der Waals surface area contributed by atoms with E-state index in [0.29, 0.717) is 0 Å². The molecule has 0 unspecified atom stereocenters. The van der Waals surface area contributed by atoms with Gasteiger partial charge in [-0.05, 0) is 0 Å². The highest BCUT2D eigenvalue weighted by Gasteiger charge is 2.15. The first-order valence-electron chi connectivity index (χ1n) is 3.35. The molecule has 0 bridgehead atoms. The molecule has 7 nitrogen and oxygen atoms in total. The minimum absolute atomic E-state index is 0.0324. The van der Waals surface area contributed by atoms with Crippen LogP contribution in [-0.4, -0.2) is 31.2 Å². The number of carbonyl (C=O) groups is 1. The van der Waals surface area contributed by atoms with Gasteiger partial charge in [0.2, 0.25) is 0 Å². The molecular formula is C6H4N4O3. The van der Waals surface area contributed by atoms with E-state index in [4.69, 9.17) is 5.11 Å². The number of hydrogen-bond acceptors (Lipinski definition) is 4. The maximum atomic E-state index is 11.1. The molecule has 0 saturated heterocycles. The van der Waals surface area contributed by atoms with Crippen molar-refractivity contribution in [2.45, 2.75) is 0 Å². The molecule has 2 heterocycles. The van der Waals surface area contributed by atoms with Gasteiger partial charge in [-0.2, -0.15) is 5.10 Å². The van der Waals surface area contributed by atoms with E-state index >= 15 is 0 Å². The molecule has 2 aromatic heterocycles. The molecule has 0 spiro atoms. The van der Waals surface area contributed by atoms with Crippen LogP contribution in [0.4, 0.5) is 0 Å². The van der Waals surface area contributed by atoms with Crippen molar-refractivity contribution in [3.8, 4) is 0 Å². The number of nitrogens with one attached hydrogen (secondary N) is 2. The summed E-state index contributed by atoms with van der Waals surface area (Å²) in [5, 5.41) is 14.4. The van der Waals surface area contributed by atoms with Crippen LogP contribution >= 0.6 is 0 Å². The zero-order valence-corrected chi connectivity index (χ0v) is 6.24. The molecule has 3 N–H and O–H groups in total. The maximum absolute atomic E-state index is 11.1. The van der Waals surface area contributed by atoms with Gasteiger partial charge in [0.25, 0.3) is 5.56 Å². The fourth-order valence-corrected chi connectivity index (χ4v) is 1.02. The SMILES string of the molecule is O=C(O)c1[nH]nc2nc[nH]c(=O)c12. The van der Waals surface area contributed by atoms with Gasteiger partial charge in [0.1, 0.15) is 5.39 Å². The fourth-order valence-electron chi connectivity index (χ4n) is 1.02. The molecule has 0 fully saturated rings. The van der Waals surface area contributed by atoms with E-state index < -0.39 is 11.5 Å². The Bertz CT molecular complexity index is 526. The molecule has 2 rings (SSSR count). The van der Waals surface area contributed by atoms with Gasteiger partial charge in [-0.25, -0.2) is 9.78 Å². The molecule has 7 heteroatoms. The summed E-state index contributed by atoms with van der Waals surface area (Å²) in [6, 6.07) is 0. The van der Waals surface area contributed by atoms with E-state index in [0.717, 1.165) is 6.33 Å². The van der Waals surface area contributed by atoms with Crippen LogP contribution in [0.1, 0.15) is 10.5 Å². The van der Waals surface area contributed by atoms with E-state index in [2.05, 4.69) is 20.2 Å². The Kier molecular flexibility index (Phi) is 1.38. The lowest BCUT2D eigenvalue weighted by Gasteiger charge is -1.87. The normalized spacial score (nSPS) is 10.5. The first kappa shape index (κ1) is 7.47.